The predicted molar refractivity (Wildman–Crippen MR) is 99.3 cm³/mol. The largest absolute Gasteiger partial charge is 0.451 e. The van der Waals surface area contributed by atoms with Crippen molar-refractivity contribution in [2.24, 2.45) is 23.2 Å². The summed E-state index contributed by atoms with van der Waals surface area (Å²) < 4.78 is 5.97. The summed E-state index contributed by atoms with van der Waals surface area (Å²) in [5.41, 5.74) is 3.77. The van der Waals surface area contributed by atoms with E-state index in [1.165, 1.54) is 17.6 Å². The van der Waals surface area contributed by atoms with E-state index in [1.54, 1.807) is 11.6 Å². The number of hydrogen-bond donors (Lipinski definition) is 0. The smallest absolute Gasteiger partial charge is 0.331 e. The molecule has 0 radical (unpaired) electrons. The standard InChI is InChI=1S/C23H28O3/c1-3-22-9-6-17-16-5-4-15(24)13-18(16)14(2)12-19(17)20(22)7-10-23(22)11-8-21(25)26-23/h8,11,17,19-20H,2-7,9-10,12-13H2,1H3/t17?,19?,20?,22-,23+/m0/s1. The van der Waals surface area contributed by atoms with Crippen molar-refractivity contribution in [3.63, 3.8) is 0 Å². The Kier molecular flexibility index (Phi) is 3.45. The molecule has 26 heavy (non-hydrogen) atoms. The van der Waals surface area contributed by atoms with E-state index in [1.807, 2.05) is 0 Å². The second-order valence-corrected chi connectivity index (χ2v) is 9.13. The second-order valence-electron chi connectivity index (χ2n) is 9.13. The van der Waals surface area contributed by atoms with Gasteiger partial charge in [0.1, 0.15) is 11.4 Å². The summed E-state index contributed by atoms with van der Waals surface area (Å²) in [7, 11) is 0. The molecule has 1 heterocycles. The van der Waals surface area contributed by atoms with Crippen LogP contribution in [0.2, 0.25) is 0 Å². The highest BCUT2D eigenvalue weighted by molar-refractivity contribution is 5.85. The number of ether oxygens (including phenoxy) is 1. The Morgan fingerprint density at radius 1 is 1.23 bits per heavy atom. The maximum absolute atomic E-state index is 12.0. The first-order valence-corrected chi connectivity index (χ1v) is 10.3. The quantitative estimate of drug-likeness (QED) is 0.644. The molecule has 0 aromatic heterocycles. The summed E-state index contributed by atoms with van der Waals surface area (Å²) in [5, 5.41) is 0. The average molecular weight is 352 g/mol. The number of ketones is 1. The Hall–Kier alpha value is -1.64. The van der Waals surface area contributed by atoms with E-state index < -0.39 is 0 Å². The zero-order valence-corrected chi connectivity index (χ0v) is 15.7. The van der Waals surface area contributed by atoms with Crippen LogP contribution in [0.5, 0.6) is 0 Å². The number of hydrogen-bond acceptors (Lipinski definition) is 3. The highest BCUT2D eigenvalue weighted by atomic mass is 16.6. The Balaban J connectivity index is 1.54. The van der Waals surface area contributed by atoms with Crippen molar-refractivity contribution in [2.75, 3.05) is 0 Å². The summed E-state index contributed by atoms with van der Waals surface area (Å²) in [6.07, 6.45) is 12.5. The molecular weight excluding hydrogens is 324 g/mol. The highest BCUT2D eigenvalue weighted by Gasteiger charge is 2.65. The molecule has 0 bridgehead atoms. The van der Waals surface area contributed by atoms with Crippen molar-refractivity contribution >= 4 is 11.8 Å². The van der Waals surface area contributed by atoms with Crippen molar-refractivity contribution in [1.82, 2.24) is 0 Å². The summed E-state index contributed by atoms with van der Waals surface area (Å²) in [6.45, 7) is 6.66. The van der Waals surface area contributed by atoms with Gasteiger partial charge in [-0.15, -0.1) is 0 Å². The van der Waals surface area contributed by atoms with Gasteiger partial charge in [0.25, 0.3) is 0 Å². The van der Waals surface area contributed by atoms with Gasteiger partial charge in [-0.25, -0.2) is 4.79 Å². The van der Waals surface area contributed by atoms with E-state index in [0.29, 0.717) is 36.4 Å². The Morgan fingerprint density at radius 2 is 2.08 bits per heavy atom. The van der Waals surface area contributed by atoms with Crippen molar-refractivity contribution in [3.8, 4) is 0 Å². The van der Waals surface area contributed by atoms with Gasteiger partial charge in [-0.3, -0.25) is 4.79 Å². The van der Waals surface area contributed by atoms with Crippen molar-refractivity contribution in [2.45, 2.75) is 70.3 Å². The van der Waals surface area contributed by atoms with E-state index in [4.69, 9.17) is 4.74 Å². The van der Waals surface area contributed by atoms with Crippen molar-refractivity contribution in [1.29, 1.82) is 0 Å². The number of allylic oxidation sites excluding steroid dienone is 3. The lowest BCUT2D eigenvalue weighted by molar-refractivity contribution is -0.162. The number of rotatable bonds is 1. The summed E-state index contributed by atoms with van der Waals surface area (Å²) in [5.74, 6) is 2.03. The van der Waals surface area contributed by atoms with Gasteiger partial charge in [-0.2, -0.15) is 0 Å². The van der Waals surface area contributed by atoms with Crippen LogP contribution in [0.3, 0.4) is 0 Å². The van der Waals surface area contributed by atoms with Gasteiger partial charge in [-0.05, 0) is 74.3 Å². The van der Waals surface area contributed by atoms with Gasteiger partial charge in [0.15, 0.2) is 0 Å². The number of esters is 1. The molecule has 138 valence electrons. The third-order valence-electron chi connectivity index (χ3n) is 8.51. The van der Waals surface area contributed by atoms with E-state index >= 15 is 0 Å². The van der Waals surface area contributed by atoms with Crippen LogP contribution in [0.15, 0.2) is 35.5 Å². The van der Waals surface area contributed by atoms with E-state index in [-0.39, 0.29) is 17.0 Å². The molecule has 1 aliphatic heterocycles. The third-order valence-corrected chi connectivity index (χ3v) is 8.51. The van der Waals surface area contributed by atoms with Crippen molar-refractivity contribution in [3.05, 3.63) is 35.5 Å². The molecule has 0 N–H and O–H groups in total. The first kappa shape index (κ1) is 16.5. The molecule has 4 aliphatic carbocycles. The van der Waals surface area contributed by atoms with Crippen LogP contribution in [-0.2, 0) is 14.3 Å². The SMILES string of the molecule is C=C1CC2C(CC[C@@]3(CC)C2CC[C@@]32C=CC(=O)O2)C2=C1CC(=O)CC2. The summed E-state index contributed by atoms with van der Waals surface area (Å²) >= 11 is 0. The van der Waals surface area contributed by atoms with Gasteiger partial charge >= 0.3 is 5.97 Å². The van der Waals surface area contributed by atoms with E-state index in [9.17, 15) is 9.59 Å². The first-order valence-electron chi connectivity index (χ1n) is 10.3. The van der Waals surface area contributed by atoms with E-state index in [2.05, 4.69) is 19.6 Å². The van der Waals surface area contributed by atoms with Gasteiger partial charge in [0.05, 0.1) is 0 Å². The lowest BCUT2D eigenvalue weighted by atomic mass is 9.50. The summed E-state index contributed by atoms with van der Waals surface area (Å²) in [6, 6.07) is 0. The number of Topliss-reactive ketones (excluding diaryl/α,β-unsaturated/α-hetero) is 1. The fourth-order valence-electron chi connectivity index (χ4n) is 7.44. The van der Waals surface area contributed by atoms with Crippen LogP contribution in [0.25, 0.3) is 0 Å². The molecule has 0 saturated heterocycles. The minimum absolute atomic E-state index is 0.0830. The Bertz CT molecular complexity index is 772. The molecule has 5 rings (SSSR count). The fraction of sp³-hybridized carbons (Fsp3) is 0.652. The van der Waals surface area contributed by atoms with Crippen LogP contribution < -0.4 is 0 Å². The fourth-order valence-corrected chi connectivity index (χ4v) is 7.44. The molecule has 2 fully saturated rings. The van der Waals surface area contributed by atoms with Crippen LogP contribution in [0, 0.1) is 23.2 Å². The number of carbonyl (C=O) groups excluding carboxylic acids is 2. The van der Waals surface area contributed by atoms with Gasteiger partial charge in [-0.1, -0.05) is 24.6 Å². The van der Waals surface area contributed by atoms with Gasteiger partial charge < -0.3 is 4.74 Å². The first-order chi connectivity index (χ1) is 12.5. The number of carbonyl (C=O) groups is 2. The minimum Gasteiger partial charge on any atom is -0.451 e. The lowest BCUT2D eigenvalue weighted by Crippen LogP contribution is -2.52. The molecule has 3 heteroatoms. The predicted octanol–water partition coefficient (Wildman–Crippen LogP) is 4.68. The normalized spacial score (nSPS) is 44.2. The molecule has 5 atom stereocenters. The number of fused-ring (bicyclic) bond motifs is 5. The Labute approximate surface area is 155 Å². The topological polar surface area (TPSA) is 43.4 Å². The second kappa shape index (κ2) is 5.43. The van der Waals surface area contributed by atoms with Crippen LogP contribution in [0.4, 0.5) is 0 Å². The molecule has 0 amide bonds. The summed E-state index contributed by atoms with van der Waals surface area (Å²) in [4.78, 5) is 23.9. The molecule has 1 spiro atoms. The van der Waals surface area contributed by atoms with Crippen LogP contribution >= 0.6 is 0 Å². The molecule has 2 saturated carbocycles. The van der Waals surface area contributed by atoms with E-state index in [0.717, 1.165) is 38.5 Å². The van der Waals surface area contributed by atoms with Gasteiger partial charge in [0.2, 0.25) is 0 Å². The highest BCUT2D eigenvalue weighted by Crippen LogP contribution is 2.68. The zero-order chi connectivity index (χ0) is 18.1. The zero-order valence-electron chi connectivity index (χ0n) is 15.7. The molecule has 5 aliphatic rings. The lowest BCUT2D eigenvalue weighted by Gasteiger charge is -2.55. The third kappa shape index (κ3) is 1.95. The molecule has 3 nitrogen and oxygen atoms in total. The van der Waals surface area contributed by atoms with Crippen LogP contribution in [0.1, 0.15) is 64.7 Å². The van der Waals surface area contributed by atoms with Crippen molar-refractivity contribution < 1.29 is 14.3 Å². The average Bonchev–Trinajstić information content (AvgIpc) is 3.17. The molecular formula is C23H28O3. The molecule has 0 aromatic rings. The maximum Gasteiger partial charge on any atom is 0.331 e. The molecule has 3 unspecified atom stereocenters. The van der Waals surface area contributed by atoms with Crippen LogP contribution in [-0.4, -0.2) is 17.4 Å². The molecule has 0 aromatic carbocycles. The minimum atomic E-state index is -0.368. The Morgan fingerprint density at radius 3 is 2.81 bits per heavy atom. The maximum atomic E-state index is 12.0. The monoisotopic (exact) mass is 352 g/mol. The van der Waals surface area contributed by atoms with Gasteiger partial charge in [0, 0.05) is 24.3 Å².